The summed E-state index contributed by atoms with van der Waals surface area (Å²) in [7, 11) is 1.69. The van der Waals surface area contributed by atoms with E-state index < -0.39 is 0 Å². The Morgan fingerprint density at radius 2 is 2.26 bits per heavy atom. The first kappa shape index (κ1) is 13.7. The van der Waals surface area contributed by atoms with Crippen molar-refractivity contribution < 1.29 is 4.74 Å². The molecule has 1 heterocycles. The zero-order chi connectivity index (χ0) is 13.7. The number of amidine groups is 1. The Morgan fingerprint density at radius 1 is 1.42 bits per heavy atom. The molecule has 104 valence electrons. The Labute approximate surface area is 113 Å². The number of nitrogens with one attached hydrogen (secondary N) is 1. The third kappa shape index (κ3) is 3.41. The summed E-state index contributed by atoms with van der Waals surface area (Å²) in [6.07, 6.45) is 5.39. The molecule has 2 rings (SSSR count). The van der Waals surface area contributed by atoms with Crippen molar-refractivity contribution in [2.45, 2.75) is 25.7 Å². The first-order valence-electron chi connectivity index (χ1n) is 6.62. The SMILES string of the molecule is COCCN(CCC(=N)N)c1ncnc2c1CCC2. The molecule has 0 fully saturated rings. The second kappa shape index (κ2) is 6.47. The first-order chi connectivity index (χ1) is 9.22. The molecule has 6 heteroatoms. The van der Waals surface area contributed by atoms with E-state index in [9.17, 15) is 0 Å². The summed E-state index contributed by atoms with van der Waals surface area (Å²) in [4.78, 5) is 10.9. The minimum Gasteiger partial charge on any atom is -0.388 e. The van der Waals surface area contributed by atoms with E-state index >= 15 is 0 Å². The quantitative estimate of drug-likeness (QED) is 0.559. The van der Waals surface area contributed by atoms with Crippen LogP contribution in [0.2, 0.25) is 0 Å². The van der Waals surface area contributed by atoms with Gasteiger partial charge in [-0.3, -0.25) is 5.41 Å². The Balaban J connectivity index is 2.17. The molecule has 0 atom stereocenters. The van der Waals surface area contributed by atoms with Gasteiger partial charge in [-0.25, -0.2) is 9.97 Å². The summed E-state index contributed by atoms with van der Waals surface area (Å²) < 4.78 is 5.15. The summed E-state index contributed by atoms with van der Waals surface area (Å²) in [5.41, 5.74) is 7.87. The number of rotatable bonds is 7. The van der Waals surface area contributed by atoms with Gasteiger partial charge in [0.1, 0.15) is 12.1 Å². The standard InChI is InChI=1S/C13H21N5O/c1-19-8-7-18(6-5-12(14)15)13-10-3-2-4-11(10)16-9-17-13/h9H,2-8H2,1H3,(H3,14,15). The van der Waals surface area contributed by atoms with Gasteiger partial charge in [-0.2, -0.15) is 0 Å². The van der Waals surface area contributed by atoms with E-state index in [2.05, 4.69) is 14.9 Å². The monoisotopic (exact) mass is 263 g/mol. The van der Waals surface area contributed by atoms with Crippen molar-refractivity contribution >= 4 is 11.7 Å². The molecule has 0 radical (unpaired) electrons. The second-order valence-corrected chi connectivity index (χ2v) is 4.73. The van der Waals surface area contributed by atoms with Gasteiger partial charge in [-0.05, 0) is 19.3 Å². The predicted molar refractivity (Wildman–Crippen MR) is 74.7 cm³/mol. The molecule has 6 nitrogen and oxygen atoms in total. The Bertz CT molecular complexity index is 449. The fourth-order valence-electron chi connectivity index (χ4n) is 2.40. The first-order valence-corrected chi connectivity index (χ1v) is 6.62. The fourth-order valence-corrected chi connectivity index (χ4v) is 2.40. The van der Waals surface area contributed by atoms with Crippen LogP contribution < -0.4 is 10.6 Å². The van der Waals surface area contributed by atoms with E-state index in [0.717, 1.165) is 37.3 Å². The van der Waals surface area contributed by atoms with Crippen LogP contribution in [0.25, 0.3) is 0 Å². The van der Waals surface area contributed by atoms with E-state index in [1.165, 1.54) is 5.56 Å². The number of aromatic nitrogens is 2. The molecular weight excluding hydrogens is 242 g/mol. The van der Waals surface area contributed by atoms with Gasteiger partial charge in [-0.15, -0.1) is 0 Å². The van der Waals surface area contributed by atoms with Crippen molar-refractivity contribution in [2.24, 2.45) is 5.73 Å². The van der Waals surface area contributed by atoms with Crippen molar-refractivity contribution in [1.82, 2.24) is 9.97 Å². The predicted octanol–water partition coefficient (Wildman–Crippen LogP) is 0.744. The largest absolute Gasteiger partial charge is 0.388 e. The number of methoxy groups -OCH3 is 1. The topological polar surface area (TPSA) is 88.1 Å². The van der Waals surface area contributed by atoms with E-state index in [0.29, 0.717) is 19.6 Å². The number of aryl methyl sites for hydroxylation is 1. The van der Waals surface area contributed by atoms with Gasteiger partial charge >= 0.3 is 0 Å². The molecule has 1 aromatic heterocycles. The highest BCUT2D eigenvalue weighted by atomic mass is 16.5. The van der Waals surface area contributed by atoms with Gasteiger partial charge in [0.25, 0.3) is 0 Å². The van der Waals surface area contributed by atoms with Gasteiger partial charge in [0.2, 0.25) is 0 Å². The smallest absolute Gasteiger partial charge is 0.135 e. The maximum atomic E-state index is 7.37. The normalized spacial score (nSPS) is 13.3. The average molecular weight is 263 g/mol. The molecule has 3 N–H and O–H groups in total. The number of hydrogen-bond acceptors (Lipinski definition) is 5. The summed E-state index contributed by atoms with van der Waals surface area (Å²) in [6.45, 7) is 2.09. The Hall–Kier alpha value is -1.69. The molecule has 0 aliphatic heterocycles. The van der Waals surface area contributed by atoms with Crippen LogP contribution in [-0.2, 0) is 17.6 Å². The molecule has 1 aliphatic rings. The number of anilines is 1. The number of fused-ring (bicyclic) bond motifs is 1. The highest BCUT2D eigenvalue weighted by molar-refractivity contribution is 5.77. The van der Waals surface area contributed by atoms with Crippen LogP contribution in [-0.4, -0.2) is 42.6 Å². The summed E-state index contributed by atoms with van der Waals surface area (Å²) in [5, 5.41) is 7.37. The second-order valence-electron chi connectivity index (χ2n) is 4.73. The van der Waals surface area contributed by atoms with Crippen LogP contribution in [0.15, 0.2) is 6.33 Å². The lowest BCUT2D eigenvalue weighted by atomic mass is 10.2. The molecule has 19 heavy (non-hydrogen) atoms. The fraction of sp³-hybridized carbons (Fsp3) is 0.615. The minimum atomic E-state index is 0.202. The summed E-state index contributed by atoms with van der Waals surface area (Å²) in [5.74, 6) is 1.19. The van der Waals surface area contributed by atoms with Crippen molar-refractivity contribution in [1.29, 1.82) is 5.41 Å². The molecule has 1 aromatic rings. The molecule has 0 spiro atoms. The van der Waals surface area contributed by atoms with E-state index in [1.54, 1.807) is 13.4 Å². The van der Waals surface area contributed by atoms with Crippen LogP contribution in [0.3, 0.4) is 0 Å². The van der Waals surface area contributed by atoms with Gasteiger partial charge in [0.05, 0.1) is 12.4 Å². The molecule has 1 aliphatic carbocycles. The lowest BCUT2D eigenvalue weighted by molar-refractivity contribution is 0.205. The zero-order valence-electron chi connectivity index (χ0n) is 11.4. The van der Waals surface area contributed by atoms with Crippen LogP contribution in [0, 0.1) is 5.41 Å². The molecule has 0 saturated carbocycles. The lowest BCUT2D eigenvalue weighted by Gasteiger charge is -2.25. The summed E-state index contributed by atoms with van der Waals surface area (Å²) >= 11 is 0. The van der Waals surface area contributed by atoms with E-state index in [-0.39, 0.29) is 5.84 Å². The number of ether oxygens (including phenoxy) is 1. The highest BCUT2D eigenvalue weighted by Gasteiger charge is 2.20. The number of hydrogen-bond donors (Lipinski definition) is 2. The van der Waals surface area contributed by atoms with Crippen molar-refractivity contribution in [3.8, 4) is 0 Å². The summed E-state index contributed by atoms with van der Waals surface area (Å²) in [6, 6.07) is 0. The van der Waals surface area contributed by atoms with Crippen LogP contribution in [0.1, 0.15) is 24.1 Å². The van der Waals surface area contributed by atoms with Crippen LogP contribution >= 0.6 is 0 Å². The molecule has 0 unspecified atom stereocenters. The average Bonchev–Trinajstić information content (AvgIpc) is 2.87. The Kier molecular flexibility index (Phi) is 4.68. The molecule has 0 saturated heterocycles. The van der Waals surface area contributed by atoms with Gasteiger partial charge in [0, 0.05) is 37.9 Å². The number of nitrogens with zero attached hydrogens (tertiary/aromatic N) is 3. The van der Waals surface area contributed by atoms with E-state index in [1.807, 2.05) is 0 Å². The van der Waals surface area contributed by atoms with Crippen LogP contribution in [0.4, 0.5) is 5.82 Å². The maximum Gasteiger partial charge on any atom is 0.135 e. The Morgan fingerprint density at radius 3 is 3.00 bits per heavy atom. The lowest BCUT2D eigenvalue weighted by Crippen LogP contribution is -2.32. The molecular formula is C13H21N5O. The molecule has 0 amide bonds. The molecule has 0 bridgehead atoms. The zero-order valence-corrected chi connectivity index (χ0v) is 11.4. The third-order valence-electron chi connectivity index (χ3n) is 3.37. The van der Waals surface area contributed by atoms with Crippen molar-refractivity contribution in [3.05, 3.63) is 17.6 Å². The maximum absolute atomic E-state index is 7.37. The van der Waals surface area contributed by atoms with E-state index in [4.69, 9.17) is 15.9 Å². The van der Waals surface area contributed by atoms with Crippen LogP contribution in [0.5, 0.6) is 0 Å². The highest BCUT2D eigenvalue weighted by Crippen LogP contribution is 2.27. The number of nitrogens with two attached hydrogens (primary N) is 1. The molecule has 0 aromatic carbocycles. The van der Waals surface area contributed by atoms with Crippen molar-refractivity contribution in [3.63, 3.8) is 0 Å². The van der Waals surface area contributed by atoms with Crippen molar-refractivity contribution in [2.75, 3.05) is 31.7 Å². The third-order valence-corrected chi connectivity index (χ3v) is 3.37. The minimum absolute atomic E-state index is 0.202. The van der Waals surface area contributed by atoms with Gasteiger partial charge < -0.3 is 15.4 Å². The van der Waals surface area contributed by atoms with Gasteiger partial charge in [0.15, 0.2) is 0 Å². The van der Waals surface area contributed by atoms with Gasteiger partial charge in [-0.1, -0.05) is 0 Å².